The van der Waals surface area contributed by atoms with E-state index in [0.717, 1.165) is 36.1 Å². The van der Waals surface area contributed by atoms with Gasteiger partial charge in [-0.15, -0.1) is 0 Å². The van der Waals surface area contributed by atoms with E-state index in [2.05, 4.69) is 46.0 Å². The van der Waals surface area contributed by atoms with E-state index >= 15 is 0 Å². The third-order valence-electron chi connectivity index (χ3n) is 4.18. The third kappa shape index (κ3) is 3.55. The maximum absolute atomic E-state index is 13.2. The second-order valence-electron chi connectivity index (χ2n) is 6.10. The Morgan fingerprint density at radius 1 is 1.05 bits per heavy atom. The Morgan fingerprint density at radius 2 is 1.77 bits per heavy atom. The van der Waals surface area contributed by atoms with Gasteiger partial charge in [0.2, 0.25) is 0 Å². The molecule has 0 saturated carbocycles. The summed E-state index contributed by atoms with van der Waals surface area (Å²) in [6.07, 6.45) is 0.811. The molecule has 0 unspecified atom stereocenters. The largest absolute Gasteiger partial charge is 0.298 e. The summed E-state index contributed by atoms with van der Waals surface area (Å²) in [6, 6.07) is 10.6. The Labute approximate surface area is 138 Å². The highest BCUT2D eigenvalue weighted by Crippen LogP contribution is 2.25. The van der Waals surface area contributed by atoms with E-state index in [1.807, 2.05) is 0 Å². The van der Waals surface area contributed by atoms with Crippen molar-refractivity contribution in [1.82, 2.24) is 4.90 Å². The Morgan fingerprint density at radius 3 is 2.45 bits per heavy atom. The van der Waals surface area contributed by atoms with Crippen molar-refractivity contribution >= 4 is 15.9 Å². The summed E-state index contributed by atoms with van der Waals surface area (Å²) in [6.45, 7) is 5.03. The first kappa shape index (κ1) is 15.6. The fourth-order valence-electron chi connectivity index (χ4n) is 2.93. The highest BCUT2D eigenvalue weighted by molar-refractivity contribution is 9.10. The van der Waals surface area contributed by atoms with E-state index in [-0.39, 0.29) is 0 Å². The van der Waals surface area contributed by atoms with E-state index in [4.69, 9.17) is 0 Å². The maximum atomic E-state index is 13.2. The summed E-state index contributed by atoms with van der Waals surface area (Å²) in [5.74, 6) is -0.999. The number of nitrogens with zero attached hydrogens (tertiary/aromatic N) is 1. The first-order chi connectivity index (χ1) is 10.5. The van der Waals surface area contributed by atoms with Crippen LogP contribution < -0.4 is 0 Å². The number of likely N-dealkylation sites (tertiary alicyclic amines) is 1. The maximum Gasteiger partial charge on any atom is 0.159 e. The van der Waals surface area contributed by atoms with Gasteiger partial charge in [-0.1, -0.05) is 34.1 Å². The molecule has 2 aromatic rings. The fourth-order valence-corrected chi connectivity index (χ4v) is 3.35. The van der Waals surface area contributed by atoms with Gasteiger partial charge in [0, 0.05) is 24.1 Å². The lowest BCUT2D eigenvalue weighted by molar-refractivity contribution is 0.0925. The van der Waals surface area contributed by atoms with Crippen molar-refractivity contribution in [2.75, 3.05) is 13.1 Å². The van der Waals surface area contributed by atoms with Gasteiger partial charge in [-0.05, 0) is 54.2 Å². The zero-order chi connectivity index (χ0) is 15.7. The molecule has 1 heterocycles. The molecular formula is C18H18BrF2N. The van der Waals surface area contributed by atoms with E-state index in [1.165, 1.54) is 23.3 Å². The Bertz CT molecular complexity index is 623. The molecule has 0 aliphatic carbocycles. The number of rotatable bonds is 4. The van der Waals surface area contributed by atoms with Gasteiger partial charge in [-0.2, -0.15) is 0 Å². The summed E-state index contributed by atoms with van der Waals surface area (Å²) in [5.41, 5.74) is 3.41. The van der Waals surface area contributed by atoms with Gasteiger partial charge in [-0.25, -0.2) is 8.78 Å². The summed E-state index contributed by atoms with van der Waals surface area (Å²) in [7, 11) is 0. The molecule has 1 saturated heterocycles. The number of benzene rings is 2. The van der Waals surface area contributed by atoms with Crippen molar-refractivity contribution in [3.8, 4) is 0 Å². The van der Waals surface area contributed by atoms with Gasteiger partial charge in [0.05, 0.1) is 0 Å². The van der Waals surface area contributed by atoms with Crippen LogP contribution in [0.4, 0.5) is 8.78 Å². The SMILES string of the molecule is Cc1ccc(CN2CC(Cc3ccc(F)c(F)c3)C2)cc1Br. The topological polar surface area (TPSA) is 3.24 Å². The molecular weight excluding hydrogens is 348 g/mol. The second kappa shape index (κ2) is 6.47. The molecule has 1 aliphatic rings. The number of hydrogen-bond donors (Lipinski definition) is 0. The second-order valence-corrected chi connectivity index (χ2v) is 6.95. The molecule has 1 fully saturated rings. The summed E-state index contributed by atoms with van der Waals surface area (Å²) >= 11 is 3.56. The molecule has 2 aromatic carbocycles. The summed E-state index contributed by atoms with van der Waals surface area (Å²) in [5, 5.41) is 0. The van der Waals surface area contributed by atoms with Gasteiger partial charge in [0.1, 0.15) is 0 Å². The van der Waals surface area contributed by atoms with Crippen molar-refractivity contribution in [2.24, 2.45) is 5.92 Å². The van der Waals surface area contributed by atoms with E-state index in [9.17, 15) is 8.78 Å². The first-order valence-electron chi connectivity index (χ1n) is 7.42. The van der Waals surface area contributed by atoms with Crippen molar-refractivity contribution in [2.45, 2.75) is 19.9 Å². The molecule has 0 aromatic heterocycles. The van der Waals surface area contributed by atoms with Crippen LogP contribution in [-0.2, 0) is 13.0 Å². The fraction of sp³-hybridized carbons (Fsp3) is 0.333. The van der Waals surface area contributed by atoms with E-state index in [1.54, 1.807) is 6.07 Å². The predicted molar refractivity (Wildman–Crippen MR) is 87.7 cm³/mol. The molecule has 0 amide bonds. The highest BCUT2D eigenvalue weighted by atomic mass is 79.9. The van der Waals surface area contributed by atoms with Crippen LogP contribution >= 0.6 is 15.9 Å². The lowest BCUT2D eigenvalue weighted by atomic mass is 9.91. The minimum absolute atomic E-state index is 0.527. The monoisotopic (exact) mass is 365 g/mol. The number of hydrogen-bond acceptors (Lipinski definition) is 1. The van der Waals surface area contributed by atoms with E-state index in [0.29, 0.717) is 5.92 Å². The van der Waals surface area contributed by atoms with Gasteiger partial charge in [0.25, 0.3) is 0 Å². The van der Waals surface area contributed by atoms with Crippen molar-refractivity contribution in [3.63, 3.8) is 0 Å². The first-order valence-corrected chi connectivity index (χ1v) is 8.22. The summed E-state index contributed by atoms with van der Waals surface area (Å²) < 4.78 is 27.2. The van der Waals surface area contributed by atoms with Crippen LogP contribution in [0.3, 0.4) is 0 Å². The minimum Gasteiger partial charge on any atom is -0.298 e. The van der Waals surface area contributed by atoms with Crippen LogP contribution in [0, 0.1) is 24.5 Å². The van der Waals surface area contributed by atoms with Gasteiger partial charge >= 0.3 is 0 Å². The zero-order valence-electron chi connectivity index (χ0n) is 12.5. The highest BCUT2D eigenvalue weighted by Gasteiger charge is 2.26. The van der Waals surface area contributed by atoms with Gasteiger partial charge in [0.15, 0.2) is 11.6 Å². The molecule has 4 heteroatoms. The molecule has 0 radical (unpaired) electrons. The molecule has 22 heavy (non-hydrogen) atoms. The lowest BCUT2D eigenvalue weighted by Gasteiger charge is -2.39. The van der Waals surface area contributed by atoms with Crippen LogP contribution in [0.15, 0.2) is 40.9 Å². The lowest BCUT2D eigenvalue weighted by Crippen LogP contribution is -2.46. The van der Waals surface area contributed by atoms with Crippen molar-refractivity contribution in [1.29, 1.82) is 0 Å². The molecule has 0 N–H and O–H groups in total. The Balaban J connectivity index is 1.51. The normalized spacial score (nSPS) is 15.8. The molecule has 3 rings (SSSR count). The molecule has 0 bridgehead atoms. The predicted octanol–water partition coefficient (Wildman–Crippen LogP) is 4.71. The molecule has 0 atom stereocenters. The van der Waals surface area contributed by atoms with Crippen LogP contribution in [0.5, 0.6) is 0 Å². The third-order valence-corrected chi connectivity index (χ3v) is 5.04. The number of aryl methyl sites for hydroxylation is 1. The van der Waals surface area contributed by atoms with Crippen molar-refractivity contribution in [3.05, 3.63) is 69.2 Å². The zero-order valence-corrected chi connectivity index (χ0v) is 14.0. The quantitative estimate of drug-likeness (QED) is 0.758. The average molecular weight is 366 g/mol. The minimum atomic E-state index is -0.774. The summed E-state index contributed by atoms with van der Waals surface area (Å²) in [4.78, 5) is 2.38. The standard InChI is InChI=1S/C18H18BrF2N/c1-12-2-3-14(7-16(12)19)9-22-10-15(11-22)6-13-4-5-17(20)18(21)8-13/h2-5,7-8,15H,6,9-11H2,1H3. The Hall–Kier alpha value is -1.26. The molecule has 1 aliphatic heterocycles. The van der Waals surface area contributed by atoms with Crippen LogP contribution in [-0.4, -0.2) is 18.0 Å². The van der Waals surface area contributed by atoms with Crippen LogP contribution in [0.25, 0.3) is 0 Å². The van der Waals surface area contributed by atoms with Gasteiger partial charge < -0.3 is 0 Å². The van der Waals surface area contributed by atoms with Crippen molar-refractivity contribution < 1.29 is 8.78 Å². The Kier molecular flexibility index (Phi) is 4.59. The van der Waals surface area contributed by atoms with E-state index < -0.39 is 11.6 Å². The molecule has 1 nitrogen and oxygen atoms in total. The average Bonchev–Trinajstić information content (AvgIpc) is 2.44. The van der Waals surface area contributed by atoms with Crippen LogP contribution in [0.1, 0.15) is 16.7 Å². The molecule has 0 spiro atoms. The van der Waals surface area contributed by atoms with Crippen LogP contribution in [0.2, 0.25) is 0 Å². The van der Waals surface area contributed by atoms with Gasteiger partial charge in [-0.3, -0.25) is 4.90 Å². The molecule has 116 valence electrons. The number of halogens is 3. The smallest absolute Gasteiger partial charge is 0.159 e.